The highest BCUT2D eigenvalue weighted by molar-refractivity contribution is 6.09. The molecule has 0 atom stereocenters. The van der Waals surface area contributed by atoms with Gasteiger partial charge in [0.05, 0.1) is 22.3 Å². The van der Waals surface area contributed by atoms with E-state index in [0.717, 1.165) is 38.8 Å². The van der Waals surface area contributed by atoms with Crippen molar-refractivity contribution in [2.24, 2.45) is 0 Å². The minimum Gasteiger partial charge on any atom is -0.494 e. The monoisotopic (exact) mass is 310 g/mol. The Morgan fingerprint density at radius 3 is 2.21 bits per heavy atom. The van der Waals surface area contributed by atoms with Crippen LogP contribution in [0.5, 0.6) is 5.88 Å². The summed E-state index contributed by atoms with van der Waals surface area (Å²) in [6.45, 7) is 0. The van der Waals surface area contributed by atoms with Crippen LogP contribution in [0.15, 0.2) is 78.9 Å². The minimum absolute atomic E-state index is 0.226. The molecule has 114 valence electrons. The molecular formula is C21H14N2O. The predicted octanol–water partition coefficient (Wildman–Crippen LogP) is 4.99. The lowest BCUT2D eigenvalue weighted by atomic mass is 10.0. The van der Waals surface area contributed by atoms with Crippen LogP contribution in [0.25, 0.3) is 38.8 Å². The van der Waals surface area contributed by atoms with Gasteiger partial charge in [-0.2, -0.15) is 0 Å². The molecule has 0 saturated carbocycles. The first kappa shape index (κ1) is 13.1. The van der Waals surface area contributed by atoms with E-state index in [-0.39, 0.29) is 5.88 Å². The molecule has 0 saturated heterocycles. The summed E-state index contributed by atoms with van der Waals surface area (Å²) in [7, 11) is 0. The van der Waals surface area contributed by atoms with Crippen LogP contribution >= 0.6 is 0 Å². The van der Waals surface area contributed by atoms with E-state index in [0.29, 0.717) is 0 Å². The molecule has 0 unspecified atom stereocenters. The lowest BCUT2D eigenvalue weighted by Gasteiger charge is -2.17. The maximum atomic E-state index is 11.1. The average Bonchev–Trinajstić information content (AvgIpc) is 3.03. The number of hydrogen-bond acceptors (Lipinski definition) is 2. The largest absolute Gasteiger partial charge is 0.494 e. The summed E-state index contributed by atoms with van der Waals surface area (Å²) in [4.78, 5) is 4.77. The average molecular weight is 310 g/mol. The second-order valence-electron chi connectivity index (χ2n) is 5.86. The molecule has 3 aromatic carbocycles. The van der Waals surface area contributed by atoms with Crippen molar-refractivity contribution < 1.29 is 5.11 Å². The third-order valence-electron chi connectivity index (χ3n) is 4.49. The lowest BCUT2D eigenvalue weighted by molar-refractivity contribution is 0.444. The number of aromatic nitrogens is 2. The Bertz CT molecular complexity index is 1160. The van der Waals surface area contributed by atoms with Crippen molar-refractivity contribution in [1.82, 2.24) is 9.55 Å². The molecule has 0 amide bonds. The fourth-order valence-electron chi connectivity index (χ4n) is 3.44. The first-order chi connectivity index (χ1) is 11.8. The Kier molecular flexibility index (Phi) is 2.65. The van der Waals surface area contributed by atoms with Crippen LogP contribution in [0, 0.1) is 0 Å². The summed E-state index contributed by atoms with van der Waals surface area (Å²) in [5.74, 6) is 0.226. The van der Waals surface area contributed by atoms with Crippen LogP contribution < -0.4 is 0 Å². The molecule has 0 aromatic heterocycles. The zero-order valence-electron chi connectivity index (χ0n) is 12.8. The topological polar surface area (TPSA) is 38.1 Å². The van der Waals surface area contributed by atoms with E-state index in [1.54, 1.807) is 0 Å². The van der Waals surface area contributed by atoms with Crippen molar-refractivity contribution in [2.75, 3.05) is 0 Å². The van der Waals surface area contributed by atoms with Crippen LogP contribution in [0.1, 0.15) is 0 Å². The normalized spacial score (nSPS) is 11.5. The van der Waals surface area contributed by atoms with Crippen molar-refractivity contribution in [3.63, 3.8) is 0 Å². The van der Waals surface area contributed by atoms with Crippen LogP contribution in [0.2, 0.25) is 0 Å². The summed E-state index contributed by atoms with van der Waals surface area (Å²) in [5, 5.41) is 13.1. The SMILES string of the molecule is Oc1c2c3ccccc3nc-2c2ccccc2n1-c1ccccc1. The lowest BCUT2D eigenvalue weighted by Crippen LogP contribution is -2.01. The fourth-order valence-corrected chi connectivity index (χ4v) is 3.44. The Morgan fingerprint density at radius 1 is 0.708 bits per heavy atom. The number of rotatable bonds is 1. The molecule has 0 radical (unpaired) electrons. The second-order valence-corrected chi connectivity index (χ2v) is 5.86. The van der Waals surface area contributed by atoms with Crippen molar-refractivity contribution in [2.45, 2.75) is 0 Å². The highest BCUT2D eigenvalue weighted by Gasteiger charge is 2.23. The molecule has 3 heteroatoms. The molecule has 2 heterocycles. The van der Waals surface area contributed by atoms with Gasteiger partial charge in [0, 0.05) is 16.5 Å². The quantitative estimate of drug-likeness (QED) is 0.474. The number of pyridine rings is 1. The Balaban J connectivity index is 2.06. The summed E-state index contributed by atoms with van der Waals surface area (Å²) < 4.78 is 1.89. The molecule has 0 fully saturated rings. The zero-order chi connectivity index (χ0) is 16.1. The smallest absolute Gasteiger partial charge is 0.206 e. The molecule has 3 aromatic rings. The van der Waals surface area contributed by atoms with Crippen LogP contribution in [-0.4, -0.2) is 14.7 Å². The Morgan fingerprint density at radius 2 is 1.38 bits per heavy atom. The number of hydrogen-bond donors (Lipinski definition) is 1. The summed E-state index contributed by atoms with van der Waals surface area (Å²) in [6, 6.07) is 25.9. The summed E-state index contributed by atoms with van der Waals surface area (Å²) in [5.41, 5.74) is 4.42. The van der Waals surface area contributed by atoms with Crippen LogP contribution in [0.3, 0.4) is 0 Å². The van der Waals surface area contributed by atoms with Crippen LogP contribution in [-0.2, 0) is 0 Å². The molecule has 2 aliphatic rings. The Hall–Kier alpha value is -3.33. The van der Waals surface area contributed by atoms with Crippen LogP contribution in [0.4, 0.5) is 0 Å². The molecule has 1 N–H and O–H groups in total. The van der Waals surface area contributed by atoms with Gasteiger partial charge in [0.15, 0.2) is 0 Å². The van der Waals surface area contributed by atoms with E-state index < -0.39 is 0 Å². The summed E-state index contributed by atoms with van der Waals surface area (Å²) >= 11 is 0. The standard InChI is InChI=1S/C21H14N2O/c24-21-19-15-10-4-6-12-17(15)22-20(19)16-11-5-7-13-18(16)23(21)14-8-2-1-3-9-14/h1-13,24H. The first-order valence-electron chi connectivity index (χ1n) is 7.91. The van der Waals surface area contributed by atoms with Gasteiger partial charge in [0.25, 0.3) is 0 Å². The second kappa shape index (κ2) is 4.83. The van der Waals surface area contributed by atoms with Crippen molar-refractivity contribution in [3.8, 4) is 22.8 Å². The molecular weight excluding hydrogens is 296 g/mol. The predicted molar refractivity (Wildman–Crippen MR) is 96.9 cm³/mol. The van der Waals surface area contributed by atoms with Gasteiger partial charge in [-0.25, -0.2) is 4.98 Å². The van der Waals surface area contributed by atoms with Gasteiger partial charge in [0.1, 0.15) is 0 Å². The van der Waals surface area contributed by atoms with E-state index in [9.17, 15) is 5.11 Å². The third-order valence-corrected chi connectivity index (χ3v) is 4.49. The van der Waals surface area contributed by atoms with Gasteiger partial charge in [-0.05, 0) is 24.3 Å². The van der Waals surface area contributed by atoms with E-state index in [2.05, 4.69) is 6.07 Å². The van der Waals surface area contributed by atoms with Gasteiger partial charge >= 0.3 is 0 Å². The maximum absolute atomic E-state index is 11.1. The maximum Gasteiger partial charge on any atom is 0.206 e. The number of aromatic hydroxyl groups is 1. The third kappa shape index (κ3) is 1.69. The highest BCUT2D eigenvalue weighted by atomic mass is 16.3. The molecule has 24 heavy (non-hydrogen) atoms. The van der Waals surface area contributed by atoms with E-state index in [4.69, 9.17) is 4.98 Å². The Labute approximate surface area is 138 Å². The van der Waals surface area contributed by atoms with Gasteiger partial charge in [-0.3, -0.25) is 4.57 Å². The van der Waals surface area contributed by atoms with E-state index in [1.807, 2.05) is 77.4 Å². The molecule has 0 aliphatic carbocycles. The first-order valence-corrected chi connectivity index (χ1v) is 7.91. The van der Waals surface area contributed by atoms with Gasteiger partial charge < -0.3 is 5.11 Å². The molecule has 0 spiro atoms. The molecule has 2 aliphatic heterocycles. The highest BCUT2D eigenvalue weighted by Crippen LogP contribution is 2.43. The number of nitrogens with zero attached hydrogens (tertiary/aromatic N) is 2. The minimum atomic E-state index is 0.226. The van der Waals surface area contributed by atoms with Gasteiger partial charge in [-0.15, -0.1) is 0 Å². The zero-order valence-corrected chi connectivity index (χ0v) is 12.8. The summed E-state index contributed by atoms with van der Waals surface area (Å²) in [6.07, 6.45) is 0. The van der Waals surface area contributed by atoms with Crippen molar-refractivity contribution in [1.29, 1.82) is 0 Å². The fraction of sp³-hybridized carbons (Fsp3) is 0. The number of benzene rings is 3. The molecule has 5 rings (SSSR count). The van der Waals surface area contributed by atoms with E-state index >= 15 is 0 Å². The van der Waals surface area contributed by atoms with Gasteiger partial charge in [0.2, 0.25) is 5.88 Å². The molecule has 3 nitrogen and oxygen atoms in total. The van der Waals surface area contributed by atoms with Gasteiger partial charge in [-0.1, -0.05) is 54.6 Å². The molecule has 0 bridgehead atoms. The van der Waals surface area contributed by atoms with Crippen molar-refractivity contribution >= 4 is 21.8 Å². The van der Waals surface area contributed by atoms with E-state index in [1.165, 1.54) is 0 Å². The van der Waals surface area contributed by atoms with Crippen molar-refractivity contribution in [3.05, 3.63) is 78.9 Å². The number of para-hydroxylation sites is 3. The number of fused-ring (bicyclic) bond motifs is 5.